The molecule has 1 amide bonds. The van der Waals surface area contributed by atoms with Crippen molar-refractivity contribution >= 4 is 16.8 Å². The van der Waals surface area contributed by atoms with Crippen molar-refractivity contribution < 1.29 is 22.4 Å². The molecular weight excluding hydrogens is 506 g/mol. The van der Waals surface area contributed by atoms with Crippen molar-refractivity contribution in [1.29, 1.82) is 0 Å². The topological polar surface area (TPSA) is 46.9 Å². The number of nitrogens with one attached hydrogen (secondary N) is 1. The number of amides is 1. The van der Waals surface area contributed by atoms with Crippen molar-refractivity contribution in [3.8, 4) is 0 Å². The normalized spacial score (nSPS) is 12.4. The van der Waals surface area contributed by atoms with Crippen LogP contribution < -0.4 is 5.32 Å². The summed E-state index contributed by atoms with van der Waals surface area (Å²) >= 11 is 0. The Labute approximate surface area is 222 Å². The summed E-state index contributed by atoms with van der Waals surface area (Å²) in [4.78, 5) is 17.1. The number of benzene rings is 3. The first kappa shape index (κ1) is 26.2. The molecule has 0 radical (unpaired) electrons. The molecule has 0 spiro atoms. The van der Waals surface area contributed by atoms with Gasteiger partial charge in [-0.05, 0) is 64.7 Å². The van der Waals surface area contributed by atoms with Crippen LogP contribution in [0.1, 0.15) is 40.2 Å². The molecule has 0 aliphatic heterocycles. The fraction of sp³-hybridized carbons (Fsp3) is 0.161. The van der Waals surface area contributed by atoms with Crippen molar-refractivity contribution in [3.63, 3.8) is 0 Å². The number of carbonyl (C=O) groups is 1. The molecule has 4 nitrogen and oxygen atoms in total. The lowest BCUT2D eigenvalue weighted by atomic mass is 9.87. The van der Waals surface area contributed by atoms with E-state index >= 15 is 0 Å². The number of halogens is 4. The van der Waals surface area contributed by atoms with Crippen LogP contribution in [0.4, 0.5) is 17.6 Å². The van der Waals surface area contributed by atoms with Crippen molar-refractivity contribution in [2.24, 2.45) is 0 Å². The molecule has 1 N–H and O–H groups in total. The van der Waals surface area contributed by atoms with E-state index in [0.29, 0.717) is 18.7 Å². The maximum atomic E-state index is 13.5. The number of fused-ring (bicyclic) bond motifs is 1. The van der Waals surface area contributed by atoms with Crippen LogP contribution in [0, 0.1) is 5.82 Å². The van der Waals surface area contributed by atoms with Crippen LogP contribution in [-0.2, 0) is 24.1 Å². The van der Waals surface area contributed by atoms with E-state index in [1.165, 1.54) is 24.3 Å². The minimum Gasteiger partial charge on any atom is -0.352 e. The Morgan fingerprint density at radius 2 is 1.56 bits per heavy atom. The van der Waals surface area contributed by atoms with E-state index in [9.17, 15) is 22.4 Å². The molecule has 1 atom stereocenters. The molecule has 0 unspecified atom stereocenters. The molecule has 0 bridgehead atoms. The van der Waals surface area contributed by atoms with Gasteiger partial charge in [-0.2, -0.15) is 13.2 Å². The van der Waals surface area contributed by atoms with Crippen LogP contribution in [0.2, 0.25) is 0 Å². The van der Waals surface area contributed by atoms with Gasteiger partial charge in [-0.3, -0.25) is 9.78 Å². The molecule has 3 aromatic carbocycles. The van der Waals surface area contributed by atoms with Gasteiger partial charge in [0.25, 0.3) is 0 Å². The highest BCUT2D eigenvalue weighted by atomic mass is 19.4. The van der Waals surface area contributed by atoms with E-state index < -0.39 is 17.7 Å². The summed E-state index contributed by atoms with van der Waals surface area (Å²) in [5.41, 5.74) is 3.38. The van der Waals surface area contributed by atoms with Gasteiger partial charge in [-0.15, -0.1) is 0 Å². The number of para-hydroxylation sites is 1. The lowest BCUT2D eigenvalue weighted by Crippen LogP contribution is -2.25. The van der Waals surface area contributed by atoms with E-state index in [2.05, 4.69) is 10.3 Å². The fourth-order valence-corrected chi connectivity index (χ4v) is 4.74. The molecule has 8 heteroatoms. The minimum absolute atomic E-state index is 0.0427. The second kappa shape index (κ2) is 11.1. The van der Waals surface area contributed by atoms with Crippen LogP contribution >= 0.6 is 0 Å². The first-order valence-corrected chi connectivity index (χ1v) is 12.4. The quantitative estimate of drug-likeness (QED) is 0.218. The van der Waals surface area contributed by atoms with Crippen molar-refractivity contribution in [1.82, 2.24) is 14.9 Å². The van der Waals surface area contributed by atoms with Gasteiger partial charge in [0, 0.05) is 54.9 Å². The Hall–Kier alpha value is -4.46. The average Bonchev–Trinajstić information content (AvgIpc) is 3.30. The number of alkyl halides is 3. The smallest absolute Gasteiger partial charge is 0.352 e. The first-order chi connectivity index (χ1) is 18.8. The highest BCUT2D eigenvalue weighted by Gasteiger charge is 2.31. The van der Waals surface area contributed by atoms with E-state index in [1.807, 2.05) is 35.0 Å². The third kappa shape index (κ3) is 6.17. The zero-order chi connectivity index (χ0) is 27.4. The van der Waals surface area contributed by atoms with Crippen molar-refractivity contribution in [2.45, 2.75) is 31.6 Å². The SMILES string of the molecule is O=C(C[C@H](c1ccc(C(F)(F)F)cc1)c1cn(Cc2ccc(F)cc2)c2ccccc12)NCc1ccncc1. The van der Waals surface area contributed by atoms with Gasteiger partial charge in [-0.1, -0.05) is 42.5 Å². The Bertz CT molecular complexity index is 1560. The van der Waals surface area contributed by atoms with Gasteiger partial charge in [-0.25, -0.2) is 4.39 Å². The monoisotopic (exact) mass is 531 g/mol. The number of rotatable bonds is 8. The number of hydrogen-bond acceptors (Lipinski definition) is 2. The lowest BCUT2D eigenvalue weighted by Gasteiger charge is -2.18. The highest BCUT2D eigenvalue weighted by molar-refractivity contribution is 5.86. The molecular formula is C31H25F4N3O. The molecule has 5 aromatic rings. The zero-order valence-corrected chi connectivity index (χ0v) is 20.8. The van der Waals surface area contributed by atoms with Crippen molar-refractivity contribution in [2.75, 3.05) is 0 Å². The fourth-order valence-electron chi connectivity index (χ4n) is 4.74. The highest BCUT2D eigenvalue weighted by Crippen LogP contribution is 2.37. The molecule has 198 valence electrons. The van der Waals surface area contributed by atoms with E-state index in [0.717, 1.165) is 39.7 Å². The van der Waals surface area contributed by atoms with E-state index in [1.54, 1.807) is 36.7 Å². The van der Waals surface area contributed by atoms with Gasteiger partial charge in [0.2, 0.25) is 5.91 Å². The molecule has 0 aliphatic carbocycles. The summed E-state index contributed by atoms with van der Waals surface area (Å²) in [6.07, 6.45) is 0.805. The van der Waals surface area contributed by atoms with Crippen LogP contribution in [0.3, 0.4) is 0 Å². The molecule has 0 aliphatic rings. The second-order valence-electron chi connectivity index (χ2n) is 9.36. The van der Waals surface area contributed by atoms with Gasteiger partial charge >= 0.3 is 6.18 Å². The standard InChI is InChI=1S/C31H25F4N3O/c32-25-11-5-22(6-12-25)19-38-20-28(26-3-1-2-4-29(26)38)27(23-7-9-24(10-8-23)31(33,34)35)17-30(39)37-18-21-13-15-36-16-14-21/h1-16,20,27H,17-19H2,(H,37,39)/t27-/m1/s1. The van der Waals surface area contributed by atoms with Gasteiger partial charge in [0.05, 0.1) is 5.56 Å². The molecule has 0 fully saturated rings. The Morgan fingerprint density at radius 3 is 2.26 bits per heavy atom. The van der Waals surface area contributed by atoms with Gasteiger partial charge < -0.3 is 9.88 Å². The van der Waals surface area contributed by atoms with Gasteiger partial charge in [0.1, 0.15) is 5.82 Å². The average molecular weight is 532 g/mol. The van der Waals surface area contributed by atoms with Crippen LogP contribution in [0.15, 0.2) is 104 Å². The number of hydrogen-bond donors (Lipinski definition) is 1. The number of pyridine rings is 1. The Kier molecular flexibility index (Phi) is 7.45. The number of aromatic nitrogens is 2. The third-order valence-electron chi connectivity index (χ3n) is 6.73. The van der Waals surface area contributed by atoms with Crippen LogP contribution in [-0.4, -0.2) is 15.5 Å². The Morgan fingerprint density at radius 1 is 0.872 bits per heavy atom. The largest absolute Gasteiger partial charge is 0.416 e. The number of nitrogens with zero attached hydrogens (tertiary/aromatic N) is 2. The molecule has 0 saturated heterocycles. The summed E-state index contributed by atoms with van der Waals surface area (Å²) in [7, 11) is 0. The van der Waals surface area contributed by atoms with Crippen molar-refractivity contribution in [3.05, 3.63) is 137 Å². The summed E-state index contributed by atoms with van der Waals surface area (Å²) < 4.78 is 55.3. The third-order valence-corrected chi connectivity index (χ3v) is 6.73. The van der Waals surface area contributed by atoms with Crippen LogP contribution in [0.25, 0.3) is 10.9 Å². The second-order valence-corrected chi connectivity index (χ2v) is 9.36. The maximum absolute atomic E-state index is 13.5. The molecule has 5 rings (SSSR count). The minimum atomic E-state index is -4.46. The van der Waals surface area contributed by atoms with E-state index in [-0.39, 0.29) is 18.1 Å². The Balaban J connectivity index is 1.51. The van der Waals surface area contributed by atoms with Crippen LogP contribution in [0.5, 0.6) is 0 Å². The molecule has 2 aromatic heterocycles. The summed E-state index contributed by atoms with van der Waals surface area (Å²) in [5, 5.41) is 3.81. The predicted molar refractivity (Wildman–Crippen MR) is 141 cm³/mol. The molecule has 0 saturated carbocycles. The van der Waals surface area contributed by atoms with Gasteiger partial charge in [0.15, 0.2) is 0 Å². The summed E-state index contributed by atoms with van der Waals surface area (Å²) in [6, 6.07) is 22.5. The zero-order valence-electron chi connectivity index (χ0n) is 20.8. The molecule has 2 heterocycles. The maximum Gasteiger partial charge on any atom is 0.416 e. The molecule has 39 heavy (non-hydrogen) atoms. The van der Waals surface area contributed by atoms with E-state index in [4.69, 9.17) is 0 Å². The lowest BCUT2D eigenvalue weighted by molar-refractivity contribution is -0.137. The predicted octanol–water partition coefficient (Wildman–Crippen LogP) is 7.08. The summed E-state index contributed by atoms with van der Waals surface area (Å²) in [5.74, 6) is -1.05. The summed E-state index contributed by atoms with van der Waals surface area (Å²) in [6.45, 7) is 0.780. The number of carbonyl (C=O) groups excluding carboxylic acids is 1. The first-order valence-electron chi connectivity index (χ1n) is 12.4.